The van der Waals surface area contributed by atoms with E-state index in [9.17, 15) is 22.4 Å². The van der Waals surface area contributed by atoms with Gasteiger partial charge in [-0.3, -0.25) is 4.79 Å². The smallest absolute Gasteiger partial charge is 0.356 e. The Labute approximate surface area is 177 Å². The summed E-state index contributed by atoms with van der Waals surface area (Å²) in [4.78, 5) is 19.4. The Morgan fingerprint density at radius 2 is 1.81 bits per heavy atom. The second-order valence-corrected chi connectivity index (χ2v) is 7.15. The average Bonchev–Trinajstić information content (AvgIpc) is 2.72. The Balaban J connectivity index is 2.08. The molecule has 0 aliphatic heterocycles. The highest BCUT2D eigenvalue weighted by molar-refractivity contribution is 6.05. The molecule has 4 nitrogen and oxygen atoms in total. The third-order valence-electron chi connectivity index (χ3n) is 5.19. The fraction of sp³-hybridized carbons (Fsp3) is 0.304. The average molecular weight is 433 g/mol. The number of rotatable bonds is 6. The highest BCUT2D eigenvalue weighted by Gasteiger charge is 2.31. The van der Waals surface area contributed by atoms with E-state index in [2.05, 4.69) is 10.3 Å². The van der Waals surface area contributed by atoms with E-state index in [1.165, 1.54) is 18.2 Å². The van der Waals surface area contributed by atoms with E-state index in [-0.39, 0.29) is 12.1 Å². The molecule has 0 bridgehead atoms. The van der Waals surface area contributed by atoms with E-state index < -0.39 is 23.5 Å². The molecule has 0 fully saturated rings. The zero-order valence-electron chi connectivity index (χ0n) is 17.5. The number of fused-ring (bicyclic) bond motifs is 1. The van der Waals surface area contributed by atoms with Crippen LogP contribution in [0.4, 0.5) is 23.4 Å². The van der Waals surface area contributed by atoms with E-state index in [4.69, 9.17) is 0 Å². The molecule has 0 atom stereocenters. The molecule has 0 aliphatic carbocycles. The molecule has 0 unspecified atom stereocenters. The van der Waals surface area contributed by atoms with Crippen molar-refractivity contribution in [2.24, 2.45) is 0 Å². The summed E-state index contributed by atoms with van der Waals surface area (Å²) in [5, 5.41) is 3.25. The van der Waals surface area contributed by atoms with Crippen LogP contribution in [0, 0.1) is 12.7 Å². The van der Waals surface area contributed by atoms with Crippen LogP contribution in [0.15, 0.2) is 42.5 Å². The van der Waals surface area contributed by atoms with Crippen LogP contribution >= 0.6 is 0 Å². The van der Waals surface area contributed by atoms with Gasteiger partial charge in [-0.25, -0.2) is 9.37 Å². The summed E-state index contributed by atoms with van der Waals surface area (Å²) in [6.45, 7) is 6.62. The van der Waals surface area contributed by atoms with Gasteiger partial charge in [0.05, 0.1) is 16.6 Å². The van der Waals surface area contributed by atoms with Gasteiger partial charge < -0.3 is 10.2 Å². The summed E-state index contributed by atoms with van der Waals surface area (Å²) < 4.78 is 53.0. The Hall–Kier alpha value is -3.16. The van der Waals surface area contributed by atoms with Crippen molar-refractivity contribution in [3.05, 3.63) is 70.5 Å². The number of nitrogens with one attached hydrogen (secondary N) is 1. The number of anilines is 1. The molecule has 8 heteroatoms. The summed E-state index contributed by atoms with van der Waals surface area (Å²) in [6, 6.07) is 9.23. The van der Waals surface area contributed by atoms with Crippen LogP contribution in [-0.4, -0.2) is 24.0 Å². The van der Waals surface area contributed by atoms with Crippen molar-refractivity contribution in [3.63, 3.8) is 0 Å². The molecular weight excluding hydrogens is 410 g/mol. The van der Waals surface area contributed by atoms with Crippen molar-refractivity contribution in [1.82, 2.24) is 10.3 Å². The fourth-order valence-electron chi connectivity index (χ4n) is 3.53. The van der Waals surface area contributed by atoms with Gasteiger partial charge in [0, 0.05) is 25.0 Å². The summed E-state index contributed by atoms with van der Waals surface area (Å²) in [5.41, 5.74) is 0.820. The Kier molecular flexibility index (Phi) is 6.48. The molecule has 3 aromatic rings. The lowest BCUT2D eigenvalue weighted by molar-refractivity contribution is -0.137. The van der Waals surface area contributed by atoms with Crippen molar-refractivity contribution >= 4 is 22.6 Å². The largest absolute Gasteiger partial charge is 0.416 e. The molecule has 1 heterocycles. The molecule has 3 rings (SSSR count). The third-order valence-corrected chi connectivity index (χ3v) is 5.19. The highest BCUT2D eigenvalue weighted by atomic mass is 19.4. The van der Waals surface area contributed by atoms with Crippen LogP contribution in [0.25, 0.3) is 10.9 Å². The zero-order valence-corrected chi connectivity index (χ0v) is 17.5. The Morgan fingerprint density at radius 3 is 2.42 bits per heavy atom. The first-order valence-corrected chi connectivity index (χ1v) is 9.94. The predicted octanol–water partition coefficient (Wildman–Crippen LogP) is 5.48. The number of alkyl halides is 3. The number of amides is 1. The highest BCUT2D eigenvalue weighted by Crippen LogP contribution is 2.34. The minimum absolute atomic E-state index is 0.110. The van der Waals surface area contributed by atoms with E-state index in [1.807, 2.05) is 18.7 Å². The first kappa shape index (κ1) is 22.5. The first-order chi connectivity index (χ1) is 14.7. The number of benzene rings is 2. The van der Waals surface area contributed by atoms with Gasteiger partial charge in [0.2, 0.25) is 0 Å². The molecule has 164 valence electrons. The normalized spacial score (nSPS) is 11.6. The van der Waals surface area contributed by atoms with Crippen LogP contribution < -0.4 is 10.2 Å². The lowest BCUT2D eigenvalue weighted by Crippen LogP contribution is -2.30. The minimum atomic E-state index is -4.49. The molecule has 31 heavy (non-hydrogen) atoms. The molecular formula is C23H23F4N3O. The van der Waals surface area contributed by atoms with Crippen molar-refractivity contribution in [2.45, 2.75) is 33.5 Å². The fourth-order valence-corrected chi connectivity index (χ4v) is 3.53. The Bertz CT molecular complexity index is 1110. The van der Waals surface area contributed by atoms with Crippen LogP contribution in [0.1, 0.15) is 40.9 Å². The quantitative estimate of drug-likeness (QED) is 0.524. The summed E-state index contributed by atoms with van der Waals surface area (Å²) in [7, 11) is 0. The van der Waals surface area contributed by atoms with Gasteiger partial charge in [-0.15, -0.1) is 0 Å². The number of carbonyl (C=O) groups is 1. The van der Waals surface area contributed by atoms with Gasteiger partial charge in [-0.1, -0.05) is 18.2 Å². The second kappa shape index (κ2) is 8.91. The van der Waals surface area contributed by atoms with E-state index in [0.29, 0.717) is 41.0 Å². The number of nitrogens with zero attached hydrogens (tertiary/aromatic N) is 2. The van der Waals surface area contributed by atoms with E-state index in [0.717, 1.165) is 12.1 Å². The van der Waals surface area contributed by atoms with Crippen molar-refractivity contribution in [2.75, 3.05) is 18.0 Å². The molecule has 2 aromatic carbocycles. The zero-order chi connectivity index (χ0) is 22.8. The summed E-state index contributed by atoms with van der Waals surface area (Å²) in [6.07, 6.45) is -4.49. The molecule has 0 saturated heterocycles. The molecule has 0 saturated carbocycles. The van der Waals surface area contributed by atoms with Crippen molar-refractivity contribution in [1.29, 1.82) is 0 Å². The van der Waals surface area contributed by atoms with Crippen LogP contribution in [0.2, 0.25) is 0 Å². The molecule has 0 aliphatic rings. The van der Waals surface area contributed by atoms with Gasteiger partial charge in [-0.2, -0.15) is 13.2 Å². The van der Waals surface area contributed by atoms with Gasteiger partial charge >= 0.3 is 6.18 Å². The molecule has 0 radical (unpaired) electrons. The number of aromatic nitrogens is 1. The SMILES string of the molecule is CCN(CC)c1nc2cc(C(F)(F)F)ccc2c(C)c1C(=O)NCc1cccc(F)c1. The van der Waals surface area contributed by atoms with Gasteiger partial charge in [-0.05, 0) is 56.2 Å². The first-order valence-electron chi connectivity index (χ1n) is 9.94. The second-order valence-electron chi connectivity index (χ2n) is 7.15. The molecule has 1 N–H and O–H groups in total. The van der Waals surface area contributed by atoms with Crippen LogP contribution in [0.5, 0.6) is 0 Å². The van der Waals surface area contributed by atoms with Gasteiger partial charge in [0.25, 0.3) is 5.91 Å². The van der Waals surface area contributed by atoms with Crippen LogP contribution in [0.3, 0.4) is 0 Å². The molecule has 1 aromatic heterocycles. The van der Waals surface area contributed by atoms with Crippen molar-refractivity contribution in [3.8, 4) is 0 Å². The van der Waals surface area contributed by atoms with Crippen LogP contribution in [-0.2, 0) is 12.7 Å². The number of carbonyl (C=O) groups excluding carboxylic acids is 1. The van der Waals surface area contributed by atoms with Gasteiger partial charge in [0.15, 0.2) is 0 Å². The number of hydrogen-bond acceptors (Lipinski definition) is 3. The third kappa shape index (κ3) is 4.78. The lowest BCUT2D eigenvalue weighted by Gasteiger charge is -2.25. The molecule has 1 amide bonds. The predicted molar refractivity (Wildman–Crippen MR) is 113 cm³/mol. The maximum Gasteiger partial charge on any atom is 0.416 e. The number of halogens is 4. The van der Waals surface area contributed by atoms with Crippen molar-refractivity contribution < 1.29 is 22.4 Å². The standard InChI is InChI=1S/C23H23F4N3O/c1-4-30(5-2)21-20(22(31)28-13-15-7-6-8-17(24)11-15)14(3)18-10-9-16(23(25,26)27)12-19(18)29-21/h6-12H,4-5,13H2,1-3H3,(H,28,31). The van der Waals surface area contributed by atoms with E-state index >= 15 is 0 Å². The number of pyridine rings is 1. The number of aryl methyl sites for hydroxylation is 1. The lowest BCUT2D eigenvalue weighted by atomic mass is 10.0. The van der Waals surface area contributed by atoms with Gasteiger partial charge in [0.1, 0.15) is 11.6 Å². The Morgan fingerprint density at radius 1 is 1.10 bits per heavy atom. The topological polar surface area (TPSA) is 45.2 Å². The number of hydrogen-bond donors (Lipinski definition) is 1. The van der Waals surface area contributed by atoms with E-state index in [1.54, 1.807) is 19.1 Å². The maximum absolute atomic E-state index is 13.4. The maximum atomic E-state index is 13.4. The summed E-state index contributed by atoms with van der Waals surface area (Å²) in [5.74, 6) is -0.497. The molecule has 0 spiro atoms. The summed E-state index contributed by atoms with van der Waals surface area (Å²) >= 11 is 0. The monoisotopic (exact) mass is 433 g/mol. The minimum Gasteiger partial charge on any atom is -0.356 e.